The van der Waals surface area contributed by atoms with Crippen LogP contribution in [0.15, 0.2) is 55.1 Å². The first kappa shape index (κ1) is 24.9. The van der Waals surface area contributed by atoms with Crippen molar-refractivity contribution in [2.75, 3.05) is 25.5 Å². The van der Waals surface area contributed by atoms with E-state index < -0.39 is 0 Å². The zero-order valence-corrected chi connectivity index (χ0v) is 21.5. The number of tetrazole rings is 1. The lowest BCUT2D eigenvalue weighted by Gasteiger charge is -2.24. The maximum absolute atomic E-state index is 6.39. The molecule has 0 amide bonds. The Hall–Kier alpha value is -3.76. The van der Waals surface area contributed by atoms with Gasteiger partial charge in [-0.25, -0.2) is 14.6 Å². The smallest absolute Gasteiger partial charge is 0.227 e. The minimum absolute atomic E-state index is 0.185. The van der Waals surface area contributed by atoms with Gasteiger partial charge in [0.15, 0.2) is 0 Å². The van der Waals surface area contributed by atoms with Gasteiger partial charge in [-0.2, -0.15) is 0 Å². The minimum atomic E-state index is -0.185. The average Bonchev–Trinajstić information content (AvgIpc) is 3.44. The number of benzene rings is 2. The van der Waals surface area contributed by atoms with Crippen molar-refractivity contribution in [3.05, 3.63) is 65.7 Å². The van der Waals surface area contributed by atoms with Gasteiger partial charge in [-0.15, -0.1) is 5.10 Å². The molecule has 0 spiro atoms. The fraction of sp³-hybridized carbons (Fsp3) is 0.346. The lowest BCUT2D eigenvalue weighted by Crippen LogP contribution is -2.26. The van der Waals surface area contributed by atoms with Crippen molar-refractivity contribution in [2.45, 2.75) is 38.3 Å². The van der Waals surface area contributed by atoms with Crippen LogP contribution >= 0.6 is 11.6 Å². The van der Waals surface area contributed by atoms with Crippen LogP contribution in [0.2, 0.25) is 5.02 Å². The number of rotatable bonds is 9. The van der Waals surface area contributed by atoms with Gasteiger partial charge in [0.1, 0.15) is 23.9 Å². The normalized spacial score (nSPS) is 14.8. The van der Waals surface area contributed by atoms with Crippen molar-refractivity contribution in [3.63, 3.8) is 0 Å². The van der Waals surface area contributed by atoms with Gasteiger partial charge in [-0.3, -0.25) is 0 Å². The number of hydrogen-bond acceptors (Lipinski definition) is 9. The highest BCUT2D eigenvalue weighted by atomic mass is 35.5. The van der Waals surface area contributed by atoms with E-state index in [1.165, 1.54) is 5.56 Å². The summed E-state index contributed by atoms with van der Waals surface area (Å²) in [5, 5.41) is 18.4. The maximum Gasteiger partial charge on any atom is 0.227 e. The van der Waals surface area contributed by atoms with Crippen LogP contribution in [0.5, 0.6) is 11.5 Å². The molecule has 5 rings (SSSR count). The zero-order chi connectivity index (χ0) is 25.6. The van der Waals surface area contributed by atoms with E-state index in [0.717, 1.165) is 48.5 Å². The number of methoxy groups -OCH3 is 1. The summed E-state index contributed by atoms with van der Waals surface area (Å²) in [6.45, 7) is 4.53. The van der Waals surface area contributed by atoms with Crippen LogP contribution in [0.1, 0.15) is 31.2 Å². The number of hydrogen-bond donors (Lipinski definition) is 2. The molecule has 1 aliphatic rings. The first-order valence-electron chi connectivity index (χ1n) is 12.2. The standard InChI is InChI=1S/C26H29ClN8O2/c1-17(15-35-16-31-33-34-35)37-24-11-20(3-5-22(24)27)21-13-29-26(30-14-21)32-23-6-4-19(12-25(23)36-2)18-7-9-28-10-8-18/h3-6,11-14,16-18,28H,7-10,15H2,1-2H3,(H,29,30,32)/t17-/m0/s1. The fourth-order valence-electron chi connectivity index (χ4n) is 4.44. The van der Waals surface area contributed by atoms with Crippen LogP contribution in [0.4, 0.5) is 11.6 Å². The van der Waals surface area contributed by atoms with Gasteiger partial charge in [-0.05, 0) is 84.6 Å². The van der Waals surface area contributed by atoms with Gasteiger partial charge < -0.3 is 20.1 Å². The van der Waals surface area contributed by atoms with Crippen LogP contribution in [-0.2, 0) is 6.54 Å². The van der Waals surface area contributed by atoms with Gasteiger partial charge in [0.25, 0.3) is 0 Å². The van der Waals surface area contributed by atoms with E-state index in [9.17, 15) is 0 Å². The molecule has 2 aromatic heterocycles. The van der Waals surface area contributed by atoms with Gasteiger partial charge in [0, 0.05) is 18.0 Å². The molecule has 3 heterocycles. The highest BCUT2D eigenvalue weighted by Gasteiger charge is 2.17. The van der Waals surface area contributed by atoms with Crippen molar-refractivity contribution >= 4 is 23.2 Å². The number of nitrogens with zero attached hydrogens (tertiary/aromatic N) is 6. The molecule has 0 saturated carbocycles. The molecular formula is C26H29ClN8O2. The van der Waals surface area contributed by atoms with E-state index in [1.807, 2.05) is 25.1 Å². The van der Waals surface area contributed by atoms with E-state index in [4.69, 9.17) is 21.1 Å². The van der Waals surface area contributed by atoms with Crippen LogP contribution in [0, 0.1) is 0 Å². The molecular weight excluding hydrogens is 492 g/mol. The summed E-state index contributed by atoms with van der Waals surface area (Å²) in [6, 6.07) is 11.9. The Kier molecular flexibility index (Phi) is 7.76. The van der Waals surface area contributed by atoms with Crippen molar-refractivity contribution in [1.82, 2.24) is 35.5 Å². The van der Waals surface area contributed by atoms with Crippen LogP contribution < -0.4 is 20.1 Å². The van der Waals surface area contributed by atoms with E-state index in [0.29, 0.717) is 29.2 Å². The predicted octanol–water partition coefficient (Wildman–Crippen LogP) is 4.47. The third-order valence-corrected chi connectivity index (χ3v) is 6.68. The average molecular weight is 521 g/mol. The third kappa shape index (κ3) is 6.15. The van der Waals surface area contributed by atoms with Gasteiger partial charge in [-0.1, -0.05) is 23.7 Å². The topological polar surface area (TPSA) is 112 Å². The van der Waals surface area contributed by atoms with E-state index in [1.54, 1.807) is 36.6 Å². The van der Waals surface area contributed by atoms with Crippen molar-refractivity contribution in [2.24, 2.45) is 0 Å². The molecule has 0 unspecified atom stereocenters. The third-order valence-electron chi connectivity index (χ3n) is 6.36. The van der Waals surface area contributed by atoms with E-state index in [2.05, 4.69) is 48.3 Å². The number of nitrogens with one attached hydrogen (secondary N) is 2. The Balaban J connectivity index is 1.27. The molecule has 11 heteroatoms. The van der Waals surface area contributed by atoms with Gasteiger partial charge in [0.2, 0.25) is 5.95 Å². The molecule has 0 bridgehead atoms. The molecule has 1 aliphatic heterocycles. The second-order valence-corrected chi connectivity index (χ2v) is 9.42. The molecule has 1 fully saturated rings. The maximum atomic E-state index is 6.39. The molecule has 4 aromatic rings. The second-order valence-electron chi connectivity index (χ2n) is 9.01. The highest BCUT2D eigenvalue weighted by molar-refractivity contribution is 6.32. The molecule has 2 N–H and O–H groups in total. The molecule has 2 aromatic carbocycles. The van der Waals surface area contributed by atoms with E-state index >= 15 is 0 Å². The molecule has 192 valence electrons. The number of anilines is 2. The lowest BCUT2D eigenvalue weighted by atomic mass is 9.90. The fourth-order valence-corrected chi connectivity index (χ4v) is 4.60. The van der Waals surface area contributed by atoms with E-state index in [-0.39, 0.29) is 6.10 Å². The van der Waals surface area contributed by atoms with Gasteiger partial charge in [0.05, 0.1) is 24.4 Å². The molecule has 1 atom stereocenters. The quantitative estimate of drug-likeness (QED) is 0.330. The molecule has 0 aliphatic carbocycles. The molecule has 1 saturated heterocycles. The highest BCUT2D eigenvalue weighted by Crippen LogP contribution is 2.34. The summed E-state index contributed by atoms with van der Waals surface area (Å²) in [6.07, 6.45) is 7.16. The number of piperidine rings is 1. The van der Waals surface area contributed by atoms with Crippen molar-refractivity contribution in [1.29, 1.82) is 0 Å². The predicted molar refractivity (Wildman–Crippen MR) is 142 cm³/mol. The zero-order valence-electron chi connectivity index (χ0n) is 20.8. The Morgan fingerprint density at radius 2 is 1.89 bits per heavy atom. The number of halogens is 1. The monoisotopic (exact) mass is 520 g/mol. The van der Waals surface area contributed by atoms with Crippen molar-refractivity contribution in [3.8, 4) is 22.6 Å². The molecule has 37 heavy (non-hydrogen) atoms. The van der Waals surface area contributed by atoms with Crippen LogP contribution in [-0.4, -0.2) is 56.5 Å². The lowest BCUT2D eigenvalue weighted by molar-refractivity contribution is 0.193. The Morgan fingerprint density at radius 1 is 1.08 bits per heavy atom. The summed E-state index contributed by atoms with van der Waals surface area (Å²) in [5.74, 6) is 2.38. The van der Waals surface area contributed by atoms with Gasteiger partial charge >= 0.3 is 0 Å². The summed E-state index contributed by atoms with van der Waals surface area (Å²) < 4.78 is 13.3. The Labute approximate surface area is 220 Å². The van der Waals surface area contributed by atoms with Crippen LogP contribution in [0.25, 0.3) is 11.1 Å². The summed E-state index contributed by atoms with van der Waals surface area (Å²) in [4.78, 5) is 9.03. The SMILES string of the molecule is COc1cc(C2CCNCC2)ccc1Nc1ncc(-c2ccc(Cl)c(O[C@@H](C)Cn3cnnn3)c2)cn1. The summed E-state index contributed by atoms with van der Waals surface area (Å²) >= 11 is 6.39. The number of aromatic nitrogens is 6. The minimum Gasteiger partial charge on any atom is -0.495 e. The second kappa shape index (κ2) is 11.5. The summed E-state index contributed by atoms with van der Waals surface area (Å²) in [7, 11) is 1.68. The first-order chi connectivity index (χ1) is 18.1. The summed E-state index contributed by atoms with van der Waals surface area (Å²) in [5.41, 5.74) is 3.86. The number of ether oxygens (including phenoxy) is 2. The van der Waals surface area contributed by atoms with Crippen LogP contribution in [0.3, 0.4) is 0 Å². The largest absolute Gasteiger partial charge is 0.495 e. The Bertz CT molecular complexity index is 1310. The molecule has 0 radical (unpaired) electrons. The first-order valence-corrected chi connectivity index (χ1v) is 12.6. The molecule has 10 nitrogen and oxygen atoms in total. The van der Waals surface area contributed by atoms with Crippen molar-refractivity contribution < 1.29 is 9.47 Å². The Morgan fingerprint density at radius 3 is 2.62 bits per heavy atom.